The van der Waals surface area contributed by atoms with Crippen molar-refractivity contribution in [3.05, 3.63) is 0 Å². The van der Waals surface area contributed by atoms with Gasteiger partial charge in [-0.15, -0.1) is 0 Å². The monoisotopic (exact) mass is 182 g/mol. The van der Waals surface area contributed by atoms with Crippen LogP contribution in [0.25, 0.3) is 0 Å². The van der Waals surface area contributed by atoms with Crippen molar-refractivity contribution in [2.24, 2.45) is 5.41 Å². The minimum Gasteiger partial charge on any atom is -0.305 e. The van der Waals surface area contributed by atoms with Crippen molar-refractivity contribution in [1.82, 2.24) is 9.80 Å². The molecule has 2 nitrogen and oxygen atoms in total. The third kappa shape index (κ3) is 1.31. The lowest BCUT2D eigenvalue weighted by Crippen LogP contribution is -2.59. The summed E-state index contributed by atoms with van der Waals surface area (Å²) in [5.41, 5.74) is 0.652. The van der Waals surface area contributed by atoms with Crippen molar-refractivity contribution in [3.8, 4) is 0 Å². The zero-order valence-corrected chi connectivity index (χ0v) is 9.38. The van der Waals surface area contributed by atoms with E-state index in [-0.39, 0.29) is 0 Å². The van der Waals surface area contributed by atoms with Crippen LogP contribution in [0.2, 0.25) is 0 Å². The third-order valence-electron chi connectivity index (χ3n) is 4.08. The Hall–Kier alpha value is -0.0800. The van der Waals surface area contributed by atoms with E-state index in [9.17, 15) is 0 Å². The Morgan fingerprint density at radius 2 is 1.92 bits per heavy atom. The molecule has 2 heterocycles. The van der Waals surface area contributed by atoms with Crippen LogP contribution >= 0.6 is 0 Å². The molecule has 2 aliphatic heterocycles. The molecule has 0 radical (unpaired) electrons. The lowest BCUT2D eigenvalue weighted by molar-refractivity contribution is -0.00780. The summed E-state index contributed by atoms with van der Waals surface area (Å²) >= 11 is 0. The van der Waals surface area contributed by atoms with E-state index in [4.69, 9.17) is 0 Å². The Labute approximate surface area is 81.9 Å². The summed E-state index contributed by atoms with van der Waals surface area (Å²) in [6.07, 6.45) is 1.41. The molecule has 0 aromatic heterocycles. The number of hydrogen-bond acceptors (Lipinski definition) is 2. The first kappa shape index (κ1) is 9.47. The van der Waals surface area contributed by atoms with Gasteiger partial charge in [-0.05, 0) is 40.8 Å². The van der Waals surface area contributed by atoms with E-state index < -0.39 is 0 Å². The van der Waals surface area contributed by atoms with Crippen molar-refractivity contribution in [1.29, 1.82) is 0 Å². The Bertz CT molecular complexity index is 194. The van der Waals surface area contributed by atoms with Crippen molar-refractivity contribution < 1.29 is 0 Å². The normalized spacial score (nSPS) is 34.4. The Morgan fingerprint density at radius 1 is 1.31 bits per heavy atom. The quantitative estimate of drug-likeness (QED) is 0.605. The van der Waals surface area contributed by atoms with Gasteiger partial charge < -0.3 is 4.90 Å². The SMILES string of the molecule is CC(C)N1CCC2(CN(C)C2)[C@@H]1C. The molecule has 0 saturated carbocycles. The maximum Gasteiger partial charge on any atom is 0.0151 e. The minimum atomic E-state index is 0.652. The molecule has 0 amide bonds. The van der Waals surface area contributed by atoms with Gasteiger partial charge in [-0.3, -0.25) is 4.90 Å². The van der Waals surface area contributed by atoms with Crippen LogP contribution in [0.15, 0.2) is 0 Å². The summed E-state index contributed by atoms with van der Waals surface area (Å²) in [4.78, 5) is 5.10. The van der Waals surface area contributed by atoms with E-state index in [1.807, 2.05) is 0 Å². The molecular weight excluding hydrogens is 160 g/mol. The number of likely N-dealkylation sites (tertiary alicyclic amines) is 2. The van der Waals surface area contributed by atoms with Crippen LogP contribution in [-0.4, -0.2) is 48.6 Å². The molecule has 2 aliphatic rings. The van der Waals surface area contributed by atoms with Crippen molar-refractivity contribution >= 4 is 0 Å². The van der Waals surface area contributed by atoms with E-state index in [0.717, 1.165) is 12.1 Å². The summed E-state index contributed by atoms with van der Waals surface area (Å²) in [7, 11) is 2.23. The molecule has 13 heavy (non-hydrogen) atoms. The van der Waals surface area contributed by atoms with Gasteiger partial charge in [0.2, 0.25) is 0 Å². The predicted octanol–water partition coefficient (Wildman–Crippen LogP) is 1.42. The van der Waals surface area contributed by atoms with Gasteiger partial charge in [-0.25, -0.2) is 0 Å². The second kappa shape index (κ2) is 2.96. The highest BCUT2D eigenvalue weighted by atomic mass is 15.3. The molecule has 2 saturated heterocycles. The smallest absolute Gasteiger partial charge is 0.0151 e. The van der Waals surface area contributed by atoms with Crippen molar-refractivity contribution in [2.75, 3.05) is 26.7 Å². The fraction of sp³-hybridized carbons (Fsp3) is 1.00. The van der Waals surface area contributed by atoms with Gasteiger partial charge in [-0.1, -0.05) is 0 Å². The van der Waals surface area contributed by atoms with Gasteiger partial charge in [0.15, 0.2) is 0 Å². The van der Waals surface area contributed by atoms with Crippen molar-refractivity contribution in [2.45, 2.75) is 39.3 Å². The van der Waals surface area contributed by atoms with Gasteiger partial charge in [0.05, 0.1) is 0 Å². The van der Waals surface area contributed by atoms with Crippen LogP contribution in [0.1, 0.15) is 27.2 Å². The Kier molecular flexibility index (Phi) is 2.16. The summed E-state index contributed by atoms with van der Waals surface area (Å²) < 4.78 is 0. The summed E-state index contributed by atoms with van der Waals surface area (Å²) in [6, 6.07) is 1.52. The first-order chi connectivity index (χ1) is 6.05. The lowest BCUT2D eigenvalue weighted by Gasteiger charge is -2.50. The van der Waals surface area contributed by atoms with Gasteiger partial charge >= 0.3 is 0 Å². The standard InChI is InChI=1S/C11H22N2/c1-9(2)13-6-5-11(10(13)3)7-12(4)8-11/h9-10H,5-8H2,1-4H3/t10-/m0/s1. The highest BCUT2D eigenvalue weighted by Crippen LogP contribution is 2.44. The molecule has 0 aromatic rings. The minimum absolute atomic E-state index is 0.652. The van der Waals surface area contributed by atoms with Gasteiger partial charge in [0.1, 0.15) is 0 Å². The number of nitrogens with zero attached hydrogens (tertiary/aromatic N) is 2. The first-order valence-corrected chi connectivity index (χ1v) is 5.49. The third-order valence-corrected chi connectivity index (χ3v) is 4.08. The van der Waals surface area contributed by atoms with Crippen LogP contribution in [0.3, 0.4) is 0 Å². The summed E-state index contributed by atoms with van der Waals surface area (Å²) in [5, 5.41) is 0. The van der Waals surface area contributed by atoms with Crippen molar-refractivity contribution in [3.63, 3.8) is 0 Å². The molecule has 2 fully saturated rings. The largest absolute Gasteiger partial charge is 0.305 e. The lowest BCUT2D eigenvalue weighted by atomic mass is 9.74. The number of rotatable bonds is 1. The molecule has 0 N–H and O–H groups in total. The topological polar surface area (TPSA) is 6.48 Å². The van der Waals surface area contributed by atoms with E-state index >= 15 is 0 Å². The van der Waals surface area contributed by atoms with Gasteiger partial charge in [-0.2, -0.15) is 0 Å². The Balaban J connectivity index is 2.03. The maximum atomic E-state index is 2.66. The molecule has 0 bridgehead atoms. The first-order valence-electron chi connectivity index (χ1n) is 5.49. The highest BCUT2D eigenvalue weighted by Gasteiger charge is 2.51. The van der Waals surface area contributed by atoms with Gasteiger partial charge in [0.25, 0.3) is 0 Å². The number of hydrogen-bond donors (Lipinski definition) is 0. The van der Waals surface area contributed by atoms with E-state index in [1.165, 1.54) is 26.1 Å². The van der Waals surface area contributed by atoms with E-state index in [2.05, 4.69) is 37.6 Å². The van der Waals surface area contributed by atoms with Crippen LogP contribution in [-0.2, 0) is 0 Å². The molecule has 0 unspecified atom stereocenters. The van der Waals surface area contributed by atoms with E-state index in [0.29, 0.717) is 5.41 Å². The molecular formula is C11H22N2. The van der Waals surface area contributed by atoms with Crippen LogP contribution in [0.4, 0.5) is 0 Å². The zero-order valence-electron chi connectivity index (χ0n) is 9.38. The van der Waals surface area contributed by atoms with Gasteiger partial charge in [0, 0.05) is 30.6 Å². The second-order valence-electron chi connectivity index (χ2n) is 5.29. The summed E-state index contributed by atoms with van der Waals surface area (Å²) in [5.74, 6) is 0. The molecule has 0 aliphatic carbocycles. The Morgan fingerprint density at radius 3 is 2.31 bits per heavy atom. The van der Waals surface area contributed by atoms with E-state index in [1.54, 1.807) is 0 Å². The van der Waals surface area contributed by atoms with Crippen LogP contribution in [0.5, 0.6) is 0 Å². The molecule has 2 heteroatoms. The average molecular weight is 182 g/mol. The van der Waals surface area contributed by atoms with Crippen LogP contribution < -0.4 is 0 Å². The zero-order chi connectivity index (χ0) is 9.64. The molecule has 1 atom stereocenters. The second-order valence-corrected chi connectivity index (χ2v) is 5.29. The molecule has 1 spiro atoms. The molecule has 76 valence electrons. The molecule has 2 rings (SSSR count). The highest BCUT2D eigenvalue weighted by molar-refractivity contribution is 5.05. The fourth-order valence-electron chi connectivity index (χ4n) is 3.26. The average Bonchev–Trinajstić information content (AvgIpc) is 2.28. The van der Waals surface area contributed by atoms with Crippen LogP contribution in [0, 0.1) is 5.41 Å². The predicted molar refractivity (Wildman–Crippen MR) is 55.9 cm³/mol. The summed E-state index contributed by atoms with van der Waals surface area (Å²) in [6.45, 7) is 11.0. The molecule has 0 aromatic carbocycles. The fourth-order valence-corrected chi connectivity index (χ4v) is 3.26. The maximum absolute atomic E-state index is 2.66.